The number of hydrogen-bond donors (Lipinski definition) is 3. The number of carbonyl (C=O) groups excluding carboxylic acids is 2. The van der Waals surface area contributed by atoms with Gasteiger partial charge in [0.15, 0.2) is 0 Å². The fourth-order valence-electron chi connectivity index (χ4n) is 1.29. The Labute approximate surface area is 119 Å². The van der Waals surface area contributed by atoms with Crippen LogP contribution in [0.1, 0.15) is 6.42 Å². The maximum absolute atomic E-state index is 12.0. The number of rotatable bonds is 6. The van der Waals surface area contributed by atoms with Crippen LogP contribution >= 0.6 is 12.4 Å². The average molecular weight is 310 g/mol. The second kappa shape index (κ2) is 8.28. The first-order valence-corrected chi connectivity index (χ1v) is 5.28. The Bertz CT molecular complexity index is 474. The fourth-order valence-corrected chi connectivity index (χ4v) is 1.29. The molecule has 112 valence electrons. The van der Waals surface area contributed by atoms with Crippen LogP contribution in [0.25, 0.3) is 0 Å². The lowest BCUT2D eigenvalue weighted by molar-refractivity contribution is -0.123. The summed E-state index contributed by atoms with van der Waals surface area (Å²) >= 11 is 0. The van der Waals surface area contributed by atoms with Crippen LogP contribution in [0, 0.1) is 0 Å². The van der Waals surface area contributed by atoms with Gasteiger partial charge in [0.25, 0.3) is 0 Å². The van der Waals surface area contributed by atoms with Crippen molar-refractivity contribution >= 4 is 29.9 Å². The molecule has 1 aromatic carbocycles. The van der Waals surface area contributed by atoms with Gasteiger partial charge >= 0.3 is 6.61 Å². The van der Waals surface area contributed by atoms with Crippen LogP contribution in [0.3, 0.4) is 0 Å². The lowest BCUT2D eigenvalue weighted by Gasteiger charge is -2.11. The molecule has 0 aliphatic rings. The monoisotopic (exact) mass is 309 g/mol. The van der Waals surface area contributed by atoms with Gasteiger partial charge in [0.05, 0.1) is 12.5 Å². The van der Waals surface area contributed by atoms with Crippen molar-refractivity contribution in [3.63, 3.8) is 0 Å². The first-order valence-electron chi connectivity index (χ1n) is 5.28. The lowest BCUT2D eigenvalue weighted by atomic mass is 10.2. The normalized spacial score (nSPS) is 11.4. The van der Waals surface area contributed by atoms with E-state index in [-0.39, 0.29) is 30.3 Å². The highest BCUT2D eigenvalue weighted by atomic mass is 35.5. The van der Waals surface area contributed by atoms with E-state index in [9.17, 15) is 18.4 Å². The van der Waals surface area contributed by atoms with Crippen molar-refractivity contribution in [2.75, 3.05) is 5.32 Å². The van der Waals surface area contributed by atoms with Crippen molar-refractivity contribution in [2.24, 2.45) is 11.5 Å². The maximum atomic E-state index is 12.0. The molecule has 0 radical (unpaired) electrons. The SMILES string of the molecule is Cl.NC(=O)CC(N)C(=O)Nc1cccc(OC(F)F)c1. The number of primary amides is 1. The highest BCUT2D eigenvalue weighted by Gasteiger charge is 2.16. The molecule has 0 fully saturated rings. The first kappa shape index (κ1) is 18.1. The van der Waals surface area contributed by atoms with Crippen LogP contribution in [0.5, 0.6) is 5.75 Å². The Morgan fingerprint density at radius 3 is 2.55 bits per heavy atom. The summed E-state index contributed by atoms with van der Waals surface area (Å²) < 4.78 is 28.2. The van der Waals surface area contributed by atoms with Crippen molar-refractivity contribution < 1.29 is 23.1 Å². The highest BCUT2D eigenvalue weighted by Crippen LogP contribution is 2.19. The van der Waals surface area contributed by atoms with E-state index in [0.717, 1.165) is 0 Å². The Kier molecular flexibility index (Phi) is 7.48. The predicted molar refractivity (Wildman–Crippen MR) is 70.7 cm³/mol. The molecule has 0 saturated carbocycles. The highest BCUT2D eigenvalue weighted by molar-refractivity contribution is 5.97. The maximum Gasteiger partial charge on any atom is 0.387 e. The molecule has 2 amide bonds. The van der Waals surface area contributed by atoms with E-state index in [0.29, 0.717) is 0 Å². The molecule has 9 heteroatoms. The topological polar surface area (TPSA) is 107 Å². The minimum absolute atomic E-state index is 0. The Hall–Kier alpha value is -1.93. The van der Waals surface area contributed by atoms with Gasteiger partial charge in [0.2, 0.25) is 11.8 Å². The summed E-state index contributed by atoms with van der Waals surface area (Å²) in [5.41, 5.74) is 10.5. The number of carbonyl (C=O) groups is 2. The Morgan fingerprint density at radius 1 is 1.35 bits per heavy atom. The summed E-state index contributed by atoms with van der Waals surface area (Å²) in [5.74, 6) is -1.46. The van der Waals surface area contributed by atoms with E-state index in [1.54, 1.807) is 0 Å². The third-order valence-electron chi connectivity index (χ3n) is 2.08. The number of amides is 2. The smallest absolute Gasteiger partial charge is 0.387 e. The number of nitrogens with two attached hydrogens (primary N) is 2. The zero-order valence-corrected chi connectivity index (χ0v) is 11.0. The molecule has 6 nitrogen and oxygen atoms in total. The van der Waals surface area contributed by atoms with E-state index in [1.165, 1.54) is 24.3 Å². The van der Waals surface area contributed by atoms with Crippen LogP contribution in [0.4, 0.5) is 14.5 Å². The number of nitrogens with one attached hydrogen (secondary N) is 1. The van der Waals surface area contributed by atoms with Crippen LogP contribution < -0.4 is 21.5 Å². The molecule has 0 saturated heterocycles. The first-order chi connectivity index (χ1) is 8.88. The van der Waals surface area contributed by atoms with Crippen LogP contribution in [-0.2, 0) is 9.59 Å². The molecule has 0 aliphatic carbocycles. The van der Waals surface area contributed by atoms with E-state index in [1.807, 2.05) is 0 Å². The number of benzene rings is 1. The van der Waals surface area contributed by atoms with Crippen molar-refractivity contribution in [3.8, 4) is 5.75 Å². The molecule has 0 heterocycles. The minimum atomic E-state index is -2.96. The molecule has 1 rings (SSSR count). The van der Waals surface area contributed by atoms with Gasteiger partial charge < -0.3 is 21.5 Å². The number of alkyl halides is 2. The van der Waals surface area contributed by atoms with Crippen LogP contribution in [0.15, 0.2) is 24.3 Å². The quantitative estimate of drug-likeness (QED) is 0.724. The molecule has 0 spiro atoms. The van der Waals surface area contributed by atoms with Gasteiger partial charge in [-0.25, -0.2) is 0 Å². The summed E-state index contributed by atoms with van der Waals surface area (Å²) in [7, 11) is 0. The summed E-state index contributed by atoms with van der Waals surface area (Å²) in [5, 5.41) is 2.36. The largest absolute Gasteiger partial charge is 0.435 e. The molecular weight excluding hydrogens is 296 g/mol. The summed E-state index contributed by atoms with van der Waals surface area (Å²) in [6.45, 7) is -2.96. The molecule has 0 aromatic heterocycles. The lowest BCUT2D eigenvalue weighted by Crippen LogP contribution is -2.38. The van der Waals surface area contributed by atoms with Gasteiger partial charge in [-0.2, -0.15) is 8.78 Å². The molecular formula is C11H14ClF2N3O3. The molecule has 1 unspecified atom stereocenters. The molecule has 0 aliphatic heterocycles. The molecule has 5 N–H and O–H groups in total. The molecule has 20 heavy (non-hydrogen) atoms. The van der Waals surface area contributed by atoms with Crippen LogP contribution in [-0.4, -0.2) is 24.5 Å². The van der Waals surface area contributed by atoms with Gasteiger partial charge in [-0.05, 0) is 12.1 Å². The summed E-state index contributed by atoms with van der Waals surface area (Å²) in [6, 6.07) is 4.31. The number of halogens is 3. The third-order valence-corrected chi connectivity index (χ3v) is 2.08. The van der Waals surface area contributed by atoms with Crippen molar-refractivity contribution in [1.29, 1.82) is 0 Å². The van der Waals surface area contributed by atoms with E-state index >= 15 is 0 Å². The zero-order valence-electron chi connectivity index (χ0n) is 10.2. The van der Waals surface area contributed by atoms with E-state index < -0.39 is 24.5 Å². The molecule has 1 atom stereocenters. The van der Waals surface area contributed by atoms with Crippen molar-refractivity contribution in [1.82, 2.24) is 0 Å². The van der Waals surface area contributed by atoms with E-state index in [4.69, 9.17) is 11.5 Å². The van der Waals surface area contributed by atoms with Gasteiger partial charge in [-0.1, -0.05) is 6.07 Å². The summed E-state index contributed by atoms with van der Waals surface area (Å²) in [6.07, 6.45) is -0.306. The molecule has 0 bridgehead atoms. The fraction of sp³-hybridized carbons (Fsp3) is 0.273. The Morgan fingerprint density at radius 2 is 2.00 bits per heavy atom. The Balaban J connectivity index is 0.00000361. The standard InChI is InChI=1S/C11H13F2N3O3.ClH/c12-11(13)19-7-3-1-2-6(4-7)16-10(18)8(14)5-9(15)17;/h1-4,8,11H,5,14H2,(H2,15,17)(H,16,18);1H. The van der Waals surface area contributed by atoms with Gasteiger partial charge in [0.1, 0.15) is 5.75 Å². The number of hydrogen-bond acceptors (Lipinski definition) is 4. The average Bonchev–Trinajstić information content (AvgIpc) is 2.27. The third kappa shape index (κ3) is 6.30. The summed E-state index contributed by atoms with van der Waals surface area (Å²) in [4.78, 5) is 22.1. The van der Waals surface area contributed by atoms with Gasteiger partial charge in [-0.15, -0.1) is 12.4 Å². The predicted octanol–water partition coefficient (Wildman–Crippen LogP) is 0.851. The van der Waals surface area contributed by atoms with E-state index in [2.05, 4.69) is 10.1 Å². The zero-order chi connectivity index (χ0) is 14.4. The van der Waals surface area contributed by atoms with Crippen molar-refractivity contribution in [3.05, 3.63) is 24.3 Å². The second-order valence-electron chi connectivity index (χ2n) is 3.67. The van der Waals surface area contributed by atoms with Gasteiger partial charge in [-0.3, -0.25) is 9.59 Å². The second-order valence-corrected chi connectivity index (χ2v) is 3.67. The number of anilines is 1. The number of ether oxygens (including phenoxy) is 1. The molecule has 1 aromatic rings. The minimum Gasteiger partial charge on any atom is -0.435 e. The van der Waals surface area contributed by atoms with Gasteiger partial charge in [0, 0.05) is 11.8 Å². The van der Waals surface area contributed by atoms with Crippen LogP contribution in [0.2, 0.25) is 0 Å². The van der Waals surface area contributed by atoms with Crippen molar-refractivity contribution in [2.45, 2.75) is 19.1 Å².